The average molecular weight is 396 g/mol. The third kappa shape index (κ3) is 4.18. The molecule has 8 nitrogen and oxygen atoms in total. The van der Waals surface area contributed by atoms with Crippen molar-refractivity contribution in [3.05, 3.63) is 69.7 Å². The normalized spacial score (nSPS) is 13.9. The first kappa shape index (κ1) is 18.9. The van der Waals surface area contributed by atoms with Gasteiger partial charge in [0.1, 0.15) is 11.6 Å². The van der Waals surface area contributed by atoms with E-state index in [2.05, 4.69) is 25.8 Å². The highest BCUT2D eigenvalue weighted by Crippen LogP contribution is 2.40. The van der Waals surface area contributed by atoms with Crippen LogP contribution in [0.5, 0.6) is 0 Å². The zero-order valence-corrected chi connectivity index (χ0v) is 16.1. The molecule has 0 unspecified atom stereocenters. The van der Waals surface area contributed by atoms with Gasteiger partial charge in [-0.25, -0.2) is 9.37 Å². The fourth-order valence-electron chi connectivity index (χ4n) is 3.15. The largest absolute Gasteiger partial charge is 0.361 e. The summed E-state index contributed by atoms with van der Waals surface area (Å²) in [7, 11) is 0. The highest BCUT2D eigenvalue weighted by atomic mass is 19.1. The van der Waals surface area contributed by atoms with Crippen LogP contribution in [-0.2, 0) is 5.54 Å². The van der Waals surface area contributed by atoms with Crippen LogP contribution in [0.1, 0.15) is 43.9 Å². The van der Waals surface area contributed by atoms with Gasteiger partial charge in [0.2, 0.25) is 5.82 Å². The van der Waals surface area contributed by atoms with Crippen LogP contribution >= 0.6 is 0 Å². The molecule has 2 heterocycles. The van der Waals surface area contributed by atoms with Crippen LogP contribution in [0.2, 0.25) is 0 Å². The van der Waals surface area contributed by atoms with Crippen molar-refractivity contribution in [3.8, 4) is 0 Å². The second-order valence-electron chi connectivity index (χ2n) is 7.69. The fraction of sp³-hybridized carbons (Fsp3) is 0.300. The van der Waals surface area contributed by atoms with Crippen molar-refractivity contribution in [2.75, 3.05) is 10.6 Å². The molecule has 3 N–H and O–H groups in total. The van der Waals surface area contributed by atoms with Crippen LogP contribution in [0.15, 0.2) is 42.5 Å². The van der Waals surface area contributed by atoms with E-state index in [4.69, 9.17) is 0 Å². The SMILES string of the molecule is CC(C)(Nc1ccc([N+](=O)[O-])c(Nc2cc(C3CC3)[nH]n2)n1)c1ccc(F)cc1. The van der Waals surface area contributed by atoms with Gasteiger partial charge in [0.15, 0.2) is 5.82 Å². The molecule has 2 aromatic heterocycles. The van der Waals surface area contributed by atoms with E-state index >= 15 is 0 Å². The summed E-state index contributed by atoms with van der Waals surface area (Å²) in [5, 5.41) is 24.8. The lowest BCUT2D eigenvalue weighted by molar-refractivity contribution is -0.384. The Kier molecular flexibility index (Phi) is 4.65. The van der Waals surface area contributed by atoms with E-state index < -0.39 is 10.5 Å². The Labute approximate surface area is 166 Å². The van der Waals surface area contributed by atoms with Gasteiger partial charge in [0, 0.05) is 23.7 Å². The smallest absolute Gasteiger partial charge is 0.311 e. The molecule has 0 amide bonds. The Morgan fingerprint density at radius 3 is 2.55 bits per heavy atom. The molecule has 0 bridgehead atoms. The number of aromatic nitrogens is 3. The molecular formula is C20H21FN6O2. The number of halogens is 1. The number of benzene rings is 1. The first-order valence-electron chi connectivity index (χ1n) is 9.34. The summed E-state index contributed by atoms with van der Waals surface area (Å²) in [6, 6.07) is 11.0. The number of nitrogens with zero attached hydrogens (tertiary/aromatic N) is 3. The lowest BCUT2D eigenvalue weighted by atomic mass is 9.94. The van der Waals surface area contributed by atoms with Crippen LogP contribution in [0, 0.1) is 15.9 Å². The van der Waals surface area contributed by atoms with Crippen LogP contribution in [-0.4, -0.2) is 20.1 Å². The zero-order chi connectivity index (χ0) is 20.6. The van der Waals surface area contributed by atoms with Crippen LogP contribution in [0.25, 0.3) is 0 Å². The number of aromatic amines is 1. The van der Waals surface area contributed by atoms with Crippen molar-refractivity contribution in [3.63, 3.8) is 0 Å². The maximum Gasteiger partial charge on any atom is 0.311 e. The minimum absolute atomic E-state index is 0.101. The van der Waals surface area contributed by atoms with E-state index in [0.29, 0.717) is 17.6 Å². The van der Waals surface area contributed by atoms with Crippen molar-refractivity contribution < 1.29 is 9.31 Å². The van der Waals surface area contributed by atoms with Crippen LogP contribution in [0.4, 0.5) is 27.5 Å². The second-order valence-corrected chi connectivity index (χ2v) is 7.69. The maximum atomic E-state index is 13.2. The quantitative estimate of drug-likeness (QED) is 0.390. The third-order valence-corrected chi connectivity index (χ3v) is 4.94. The van der Waals surface area contributed by atoms with Gasteiger partial charge in [-0.1, -0.05) is 12.1 Å². The molecule has 1 fully saturated rings. The lowest BCUT2D eigenvalue weighted by Gasteiger charge is -2.27. The summed E-state index contributed by atoms with van der Waals surface area (Å²) >= 11 is 0. The predicted molar refractivity (Wildman–Crippen MR) is 108 cm³/mol. The number of hydrogen-bond donors (Lipinski definition) is 3. The Bertz CT molecular complexity index is 1040. The summed E-state index contributed by atoms with van der Waals surface area (Å²) in [4.78, 5) is 15.3. The molecule has 0 radical (unpaired) electrons. The Balaban J connectivity index is 1.59. The van der Waals surface area contributed by atoms with Crippen molar-refractivity contribution >= 4 is 23.1 Å². The molecule has 1 aliphatic rings. The number of nitrogens with one attached hydrogen (secondary N) is 3. The molecule has 29 heavy (non-hydrogen) atoms. The number of H-pyrrole nitrogens is 1. The van der Waals surface area contributed by atoms with Crippen molar-refractivity contribution in [2.45, 2.75) is 38.1 Å². The van der Waals surface area contributed by atoms with Crippen LogP contribution in [0.3, 0.4) is 0 Å². The Morgan fingerprint density at radius 1 is 1.17 bits per heavy atom. The first-order chi connectivity index (χ1) is 13.8. The van der Waals surface area contributed by atoms with E-state index in [-0.39, 0.29) is 17.3 Å². The number of hydrogen-bond acceptors (Lipinski definition) is 6. The summed E-state index contributed by atoms with van der Waals surface area (Å²) < 4.78 is 13.2. The van der Waals surface area contributed by atoms with Gasteiger partial charge in [-0.2, -0.15) is 5.10 Å². The molecule has 1 aliphatic carbocycles. The number of rotatable bonds is 7. The monoisotopic (exact) mass is 396 g/mol. The van der Waals surface area contributed by atoms with E-state index in [1.165, 1.54) is 18.2 Å². The number of nitro groups is 1. The third-order valence-electron chi connectivity index (χ3n) is 4.94. The van der Waals surface area contributed by atoms with Crippen molar-refractivity contribution in [2.24, 2.45) is 0 Å². The number of pyridine rings is 1. The van der Waals surface area contributed by atoms with Crippen molar-refractivity contribution in [1.29, 1.82) is 0 Å². The van der Waals surface area contributed by atoms with Gasteiger partial charge in [0.25, 0.3) is 0 Å². The summed E-state index contributed by atoms with van der Waals surface area (Å²) in [5.41, 5.74) is 1.16. The molecule has 4 rings (SSSR count). The fourth-order valence-corrected chi connectivity index (χ4v) is 3.15. The van der Waals surface area contributed by atoms with E-state index in [1.54, 1.807) is 18.2 Å². The molecule has 0 atom stereocenters. The minimum Gasteiger partial charge on any atom is -0.361 e. The highest BCUT2D eigenvalue weighted by Gasteiger charge is 2.27. The van der Waals surface area contributed by atoms with Gasteiger partial charge in [0.05, 0.1) is 10.5 Å². The van der Waals surface area contributed by atoms with Gasteiger partial charge >= 0.3 is 5.69 Å². The molecule has 0 aliphatic heterocycles. The Hall–Kier alpha value is -3.49. The molecule has 0 spiro atoms. The summed E-state index contributed by atoms with van der Waals surface area (Å²) in [6.45, 7) is 3.85. The average Bonchev–Trinajstić information content (AvgIpc) is 3.41. The second kappa shape index (κ2) is 7.16. The highest BCUT2D eigenvalue weighted by molar-refractivity contribution is 5.66. The molecule has 0 saturated heterocycles. The zero-order valence-electron chi connectivity index (χ0n) is 16.1. The van der Waals surface area contributed by atoms with Crippen molar-refractivity contribution in [1.82, 2.24) is 15.2 Å². The van der Waals surface area contributed by atoms with Gasteiger partial charge in [-0.05, 0) is 50.5 Å². The van der Waals surface area contributed by atoms with Gasteiger partial charge in [-0.3, -0.25) is 15.2 Å². The molecule has 9 heteroatoms. The minimum atomic E-state index is -0.570. The summed E-state index contributed by atoms with van der Waals surface area (Å²) in [5.74, 6) is 1.21. The van der Waals surface area contributed by atoms with E-state index in [1.807, 2.05) is 19.9 Å². The molecule has 1 aromatic carbocycles. The standard InChI is InChI=1S/C20H21FN6O2/c1-20(2,13-5-7-14(21)8-6-13)24-17-10-9-16(27(28)29)19(22-17)23-18-11-15(25-26-18)12-3-4-12/h5-12H,3-4H2,1-2H3,(H3,22,23,24,25,26). The molecule has 1 saturated carbocycles. The van der Waals surface area contributed by atoms with Gasteiger partial charge < -0.3 is 10.6 Å². The van der Waals surface area contributed by atoms with Gasteiger partial charge in [-0.15, -0.1) is 0 Å². The Morgan fingerprint density at radius 2 is 1.90 bits per heavy atom. The maximum absolute atomic E-state index is 13.2. The topological polar surface area (TPSA) is 109 Å². The molecular weight excluding hydrogens is 375 g/mol. The van der Waals surface area contributed by atoms with E-state index in [9.17, 15) is 14.5 Å². The summed E-state index contributed by atoms with van der Waals surface area (Å²) in [6.07, 6.45) is 2.25. The lowest BCUT2D eigenvalue weighted by Crippen LogP contribution is -2.28. The molecule has 150 valence electrons. The number of anilines is 3. The molecule has 3 aromatic rings. The first-order valence-corrected chi connectivity index (χ1v) is 9.34. The predicted octanol–water partition coefficient (Wildman–Crippen LogP) is 4.82. The van der Waals surface area contributed by atoms with E-state index in [0.717, 1.165) is 24.1 Å². The van der Waals surface area contributed by atoms with Crippen LogP contribution < -0.4 is 10.6 Å².